The summed E-state index contributed by atoms with van der Waals surface area (Å²) in [6.45, 7) is 3.67. The highest BCUT2D eigenvalue weighted by Crippen LogP contribution is 2.47. The molecular formula is C34H34N2O. The van der Waals surface area contributed by atoms with Crippen LogP contribution < -0.4 is 4.90 Å². The molecule has 186 valence electrons. The number of hydrogen-bond donors (Lipinski definition) is 0. The highest BCUT2D eigenvalue weighted by molar-refractivity contribution is 5.87. The molecule has 0 saturated carbocycles. The maximum atomic E-state index is 14.0. The van der Waals surface area contributed by atoms with Crippen molar-refractivity contribution in [3.63, 3.8) is 0 Å². The van der Waals surface area contributed by atoms with Gasteiger partial charge in [-0.05, 0) is 47.6 Å². The molecule has 4 aromatic carbocycles. The smallest absolute Gasteiger partial charge is 0.234 e. The zero-order valence-electron chi connectivity index (χ0n) is 21.3. The lowest BCUT2D eigenvalue weighted by atomic mass is 9.74. The zero-order chi connectivity index (χ0) is 25.1. The lowest BCUT2D eigenvalue weighted by Gasteiger charge is -2.41. The van der Waals surface area contributed by atoms with Gasteiger partial charge in [0.15, 0.2) is 0 Å². The Bertz CT molecular complexity index is 1290. The summed E-state index contributed by atoms with van der Waals surface area (Å²) in [5.74, 6) is -0.0332. The first-order chi connectivity index (χ1) is 18.2. The molecule has 0 radical (unpaired) electrons. The Balaban J connectivity index is 1.20. The molecule has 1 fully saturated rings. The molecule has 0 aliphatic carbocycles. The number of fused-ring (bicyclic) bond motifs is 2. The molecule has 2 aliphatic heterocycles. The van der Waals surface area contributed by atoms with E-state index in [1.54, 1.807) is 0 Å². The molecule has 3 heteroatoms. The van der Waals surface area contributed by atoms with Crippen molar-refractivity contribution in [3.05, 3.63) is 138 Å². The van der Waals surface area contributed by atoms with Crippen molar-refractivity contribution >= 4 is 11.6 Å². The van der Waals surface area contributed by atoms with Gasteiger partial charge < -0.3 is 9.80 Å². The molecule has 2 heterocycles. The average molecular weight is 487 g/mol. The first kappa shape index (κ1) is 23.5. The summed E-state index contributed by atoms with van der Waals surface area (Å²) in [5.41, 5.74) is 6.49. The van der Waals surface area contributed by atoms with Gasteiger partial charge in [-0.3, -0.25) is 4.79 Å². The monoisotopic (exact) mass is 486 g/mol. The largest absolute Gasteiger partial charge is 0.370 e. The fourth-order valence-corrected chi connectivity index (χ4v) is 6.38. The number of benzene rings is 4. The highest BCUT2D eigenvalue weighted by Gasteiger charge is 2.45. The van der Waals surface area contributed by atoms with Gasteiger partial charge in [-0.2, -0.15) is 0 Å². The first-order valence-corrected chi connectivity index (χ1v) is 13.5. The van der Waals surface area contributed by atoms with Crippen molar-refractivity contribution in [1.29, 1.82) is 0 Å². The molecule has 37 heavy (non-hydrogen) atoms. The van der Waals surface area contributed by atoms with Crippen LogP contribution in [0, 0.1) is 0 Å². The van der Waals surface area contributed by atoms with E-state index in [-0.39, 0.29) is 17.2 Å². The van der Waals surface area contributed by atoms with Crippen molar-refractivity contribution in [2.75, 3.05) is 31.1 Å². The number of piperidine rings is 1. The van der Waals surface area contributed by atoms with Gasteiger partial charge in [-0.15, -0.1) is 0 Å². The summed E-state index contributed by atoms with van der Waals surface area (Å²) in [4.78, 5) is 18.7. The molecule has 0 N–H and O–H groups in total. The van der Waals surface area contributed by atoms with Crippen molar-refractivity contribution < 1.29 is 4.79 Å². The van der Waals surface area contributed by atoms with Crippen LogP contribution in [-0.4, -0.2) is 37.0 Å². The maximum Gasteiger partial charge on any atom is 0.234 e. The predicted octanol–water partition coefficient (Wildman–Crippen LogP) is 6.44. The summed E-state index contributed by atoms with van der Waals surface area (Å²) < 4.78 is 0. The van der Waals surface area contributed by atoms with Crippen LogP contribution in [0.4, 0.5) is 5.69 Å². The molecule has 2 aliphatic rings. The van der Waals surface area contributed by atoms with Crippen LogP contribution in [0.1, 0.15) is 41.0 Å². The van der Waals surface area contributed by atoms with E-state index in [1.165, 1.54) is 16.8 Å². The molecule has 0 bridgehead atoms. The lowest BCUT2D eigenvalue weighted by Crippen LogP contribution is -2.48. The van der Waals surface area contributed by atoms with Gasteiger partial charge >= 0.3 is 0 Å². The van der Waals surface area contributed by atoms with E-state index in [4.69, 9.17) is 0 Å². The molecule has 1 amide bonds. The minimum absolute atomic E-state index is 0.124. The zero-order valence-corrected chi connectivity index (χ0v) is 21.3. The Morgan fingerprint density at radius 1 is 0.703 bits per heavy atom. The second-order valence-electron chi connectivity index (χ2n) is 10.5. The third kappa shape index (κ3) is 4.67. The van der Waals surface area contributed by atoms with Gasteiger partial charge in [-0.1, -0.05) is 109 Å². The van der Waals surface area contributed by atoms with E-state index in [2.05, 4.69) is 88.7 Å². The third-order valence-corrected chi connectivity index (χ3v) is 8.37. The summed E-state index contributed by atoms with van der Waals surface area (Å²) in [6.07, 6.45) is 3.06. The summed E-state index contributed by atoms with van der Waals surface area (Å²) >= 11 is 0. The number of likely N-dealkylation sites (tertiary alicyclic amines) is 1. The number of carbonyl (C=O) groups is 1. The molecule has 1 spiro atoms. The van der Waals surface area contributed by atoms with Crippen molar-refractivity contribution in [1.82, 2.24) is 4.90 Å². The van der Waals surface area contributed by atoms with E-state index in [1.807, 2.05) is 36.4 Å². The van der Waals surface area contributed by atoms with Crippen LogP contribution in [0.5, 0.6) is 0 Å². The quantitative estimate of drug-likeness (QED) is 0.313. The van der Waals surface area contributed by atoms with Gasteiger partial charge in [0.05, 0.1) is 5.92 Å². The van der Waals surface area contributed by atoms with Crippen LogP contribution in [0.15, 0.2) is 115 Å². The molecular weight excluding hydrogens is 452 g/mol. The van der Waals surface area contributed by atoms with Gasteiger partial charge in [0, 0.05) is 37.3 Å². The van der Waals surface area contributed by atoms with E-state index >= 15 is 0 Å². The van der Waals surface area contributed by atoms with Crippen LogP contribution in [0.3, 0.4) is 0 Å². The third-order valence-electron chi connectivity index (χ3n) is 8.37. The standard InChI is InChI=1S/C34H34N2O/c37-33(32(28-14-6-2-7-15-28)29-16-8-3-9-17-29)35-24-21-34(22-25-35)26-36(31-19-11-10-18-30(31)34)23-20-27-12-4-1-5-13-27/h1-19,32H,20-26H2. The molecule has 0 aromatic heterocycles. The van der Waals surface area contributed by atoms with Crippen LogP contribution >= 0.6 is 0 Å². The van der Waals surface area contributed by atoms with E-state index in [9.17, 15) is 4.79 Å². The van der Waals surface area contributed by atoms with E-state index < -0.39 is 0 Å². The van der Waals surface area contributed by atoms with Crippen LogP contribution in [0.25, 0.3) is 0 Å². The Labute approximate surface area is 220 Å². The molecule has 3 nitrogen and oxygen atoms in total. The summed E-state index contributed by atoms with van der Waals surface area (Å²) in [6, 6.07) is 40.2. The number of amides is 1. The molecule has 1 saturated heterocycles. The van der Waals surface area contributed by atoms with Crippen molar-refractivity contribution in [2.24, 2.45) is 0 Å². The average Bonchev–Trinajstić information content (AvgIpc) is 3.27. The maximum absolute atomic E-state index is 14.0. The fraction of sp³-hybridized carbons (Fsp3) is 0.265. The minimum atomic E-state index is -0.255. The number of hydrogen-bond acceptors (Lipinski definition) is 2. The van der Waals surface area contributed by atoms with Gasteiger partial charge in [0.1, 0.15) is 0 Å². The Morgan fingerprint density at radius 3 is 1.86 bits per heavy atom. The number of nitrogens with zero attached hydrogens (tertiary/aromatic N) is 2. The Hall–Kier alpha value is -3.85. The van der Waals surface area contributed by atoms with Crippen molar-refractivity contribution in [3.8, 4) is 0 Å². The number of rotatable bonds is 6. The number of anilines is 1. The highest BCUT2D eigenvalue weighted by atomic mass is 16.2. The van der Waals surface area contributed by atoms with Crippen molar-refractivity contribution in [2.45, 2.75) is 30.6 Å². The minimum Gasteiger partial charge on any atom is -0.370 e. The summed E-state index contributed by atoms with van der Waals surface area (Å²) in [5, 5.41) is 0. The Kier molecular flexibility index (Phi) is 6.53. The normalized spacial score (nSPS) is 16.2. The number of carbonyl (C=O) groups excluding carboxylic acids is 1. The van der Waals surface area contributed by atoms with E-state index in [0.29, 0.717) is 0 Å². The molecule has 0 unspecified atom stereocenters. The SMILES string of the molecule is O=C(C(c1ccccc1)c1ccccc1)N1CCC2(CC1)CN(CCc1ccccc1)c1ccccc12. The second-order valence-corrected chi connectivity index (χ2v) is 10.5. The lowest BCUT2D eigenvalue weighted by molar-refractivity contribution is -0.133. The summed E-state index contributed by atoms with van der Waals surface area (Å²) in [7, 11) is 0. The molecule has 6 rings (SSSR count). The Morgan fingerprint density at radius 2 is 1.24 bits per heavy atom. The van der Waals surface area contributed by atoms with Crippen LogP contribution in [-0.2, 0) is 16.6 Å². The van der Waals surface area contributed by atoms with Gasteiger partial charge in [0.2, 0.25) is 5.91 Å². The van der Waals surface area contributed by atoms with E-state index in [0.717, 1.165) is 56.6 Å². The number of para-hydroxylation sites is 1. The molecule has 0 atom stereocenters. The topological polar surface area (TPSA) is 23.6 Å². The van der Waals surface area contributed by atoms with Crippen LogP contribution in [0.2, 0.25) is 0 Å². The fourth-order valence-electron chi connectivity index (χ4n) is 6.38. The predicted molar refractivity (Wildman–Crippen MR) is 151 cm³/mol. The molecule has 4 aromatic rings. The van der Waals surface area contributed by atoms with Gasteiger partial charge in [0.25, 0.3) is 0 Å². The van der Waals surface area contributed by atoms with Gasteiger partial charge in [-0.25, -0.2) is 0 Å². The second kappa shape index (κ2) is 10.3. The first-order valence-electron chi connectivity index (χ1n) is 13.5.